The van der Waals surface area contributed by atoms with Crippen molar-refractivity contribution >= 4 is 31.9 Å². The van der Waals surface area contributed by atoms with Gasteiger partial charge in [-0.1, -0.05) is 15.9 Å². The fourth-order valence-corrected chi connectivity index (χ4v) is 3.01. The number of hydrogen-bond donors (Lipinski definition) is 1. The Morgan fingerprint density at radius 2 is 2.00 bits per heavy atom. The van der Waals surface area contributed by atoms with E-state index in [0.29, 0.717) is 0 Å². The molecule has 3 nitrogen and oxygen atoms in total. The molecule has 1 aromatic carbocycles. The number of rotatable bonds is 7. The SMILES string of the molecule is COCCCNCc1cc(Br)cc(Br)c1OC. The van der Waals surface area contributed by atoms with Gasteiger partial charge in [-0.25, -0.2) is 0 Å². The molecular weight excluding hydrogens is 350 g/mol. The molecule has 0 fully saturated rings. The maximum Gasteiger partial charge on any atom is 0.137 e. The maximum absolute atomic E-state index is 5.38. The van der Waals surface area contributed by atoms with Crippen LogP contribution < -0.4 is 10.1 Å². The Bertz CT molecular complexity index is 359. The zero-order valence-corrected chi connectivity index (χ0v) is 13.2. The molecule has 0 bridgehead atoms. The highest BCUT2D eigenvalue weighted by Gasteiger charge is 2.08. The lowest BCUT2D eigenvalue weighted by atomic mass is 10.2. The molecule has 96 valence electrons. The van der Waals surface area contributed by atoms with Crippen molar-refractivity contribution < 1.29 is 9.47 Å². The van der Waals surface area contributed by atoms with Gasteiger partial charge in [0.15, 0.2) is 0 Å². The van der Waals surface area contributed by atoms with E-state index in [4.69, 9.17) is 9.47 Å². The molecule has 0 aliphatic heterocycles. The van der Waals surface area contributed by atoms with Gasteiger partial charge >= 0.3 is 0 Å². The molecule has 0 aliphatic carbocycles. The van der Waals surface area contributed by atoms with Gasteiger partial charge < -0.3 is 14.8 Å². The monoisotopic (exact) mass is 365 g/mol. The van der Waals surface area contributed by atoms with Crippen molar-refractivity contribution in [2.45, 2.75) is 13.0 Å². The highest BCUT2D eigenvalue weighted by molar-refractivity contribution is 9.11. The van der Waals surface area contributed by atoms with Crippen LogP contribution in [0.4, 0.5) is 0 Å². The van der Waals surface area contributed by atoms with E-state index >= 15 is 0 Å². The number of halogens is 2. The van der Waals surface area contributed by atoms with E-state index in [9.17, 15) is 0 Å². The molecule has 0 atom stereocenters. The summed E-state index contributed by atoms with van der Waals surface area (Å²) in [5.74, 6) is 0.882. The summed E-state index contributed by atoms with van der Waals surface area (Å²) in [6.45, 7) is 2.50. The van der Waals surface area contributed by atoms with Gasteiger partial charge in [-0.3, -0.25) is 0 Å². The highest BCUT2D eigenvalue weighted by atomic mass is 79.9. The zero-order chi connectivity index (χ0) is 12.7. The average molecular weight is 367 g/mol. The molecule has 0 aromatic heterocycles. The fourth-order valence-electron chi connectivity index (χ4n) is 1.54. The van der Waals surface area contributed by atoms with E-state index in [1.807, 2.05) is 6.07 Å². The second-order valence-corrected chi connectivity index (χ2v) is 5.37. The Labute approximate surface area is 119 Å². The van der Waals surface area contributed by atoms with Gasteiger partial charge in [0.2, 0.25) is 0 Å². The van der Waals surface area contributed by atoms with Crippen molar-refractivity contribution in [1.29, 1.82) is 0 Å². The quantitative estimate of drug-likeness (QED) is 0.750. The first-order valence-corrected chi connectivity index (χ1v) is 6.99. The summed E-state index contributed by atoms with van der Waals surface area (Å²) < 4.78 is 12.4. The third-order valence-electron chi connectivity index (χ3n) is 2.31. The number of methoxy groups -OCH3 is 2. The molecule has 0 heterocycles. The lowest BCUT2D eigenvalue weighted by molar-refractivity contribution is 0.194. The third kappa shape index (κ3) is 4.95. The van der Waals surface area contributed by atoms with E-state index in [0.717, 1.165) is 46.4 Å². The molecular formula is C12H17Br2NO2. The molecule has 1 aromatic rings. The smallest absolute Gasteiger partial charge is 0.137 e. The summed E-state index contributed by atoms with van der Waals surface area (Å²) >= 11 is 6.97. The predicted molar refractivity (Wildman–Crippen MR) is 76.6 cm³/mol. The number of benzene rings is 1. The minimum absolute atomic E-state index is 0.783. The first-order valence-electron chi connectivity index (χ1n) is 5.40. The zero-order valence-electron chi connectivity index (χ0n) is 10.1. The topological polar surface area (TPSA) is 30.5 Å². The van der Waals surface area contributed by atoms with Crippen molar-refractivity contribution in [2.24, 2.45) is 0 Å². The Morgan fingerprint density at radius 3 is 2.65 bits per heavy atom. The lowest BCUT2D eigenvalue weighted by Crippen LogP contribution is -2.16. The fraction of sp³-hybridized carbons (Fsp3) is 0.500. The van der Waals surface area contributed by atoms with E-state index in [2.05, 4.69) is 43.2 Å². The average Bonchev–Trinajstić information content (AvgIpc) is 2.28. The third-order valence-corrected chi connectivity index (χ3v) is 3.35. The van der Waals surface area contributed by atoms with Crippen molar-refractivity contribution in [3.63, 3.8) is 0 Å². The summed E-state index contributed by atoms with van der Waals surface area (Å²) in [5, 5.41) is 3.36. The number of ether oxygens (including phenoxy) is 2. The maximum atomic E-state index is 5.38. The molecule has 0 aliphatic rings. The molecule has 0 saturated heterocycles. The molecule has 0 saturated carbocycles. The van der Waals surface area contributed by atoms with Gasteiger partial charge in [0.05, 0.1) is 11.6 Å². The van der Waals surface area contributed by atoms with E-state index in [1.165, 1.54) is 0 Å². The van der Waals surface area contributed by atoms with Crippen LogP contribution in [0.3, 0.4) is 0 Å². The summed E-state index contributed by atoms with van der Waals surface area (Å²) in [5.41, 5.74) is 1.13. The molecule has 17 heavy (non-hydrogen) atoms. The van der Waals surface area contributed by atoms with E-state index in [1.54, 1.807) is 14.2 Å². The van der Waals surface area contributed by atoms with Crippen LogP contribution in [0.2, 0.25) is 0 Å². The summed E-state index contributed by atoms with van der Waals surface area (Å²) in [6, 6.07) is 4.04. The second kappa shape index (κ2) is 8.08. The van der Waals surface area contributed by atoms with Gasteiger partial charge in [0.25, 0.3) is 0 Å². The van der Waals surface area contributed by atoms with Crippen LogP contribution in [0.5, 0.6) is 5.75 Å². The minimum Gasteiger partial charge on any atom is -0.495 e. The largest absolute Gasteiger partial charge is 0.495 e. The lowest BCUT2D eigenvalue weighted by Gasteiger charge is -2.12. The normalized spacial score (nSPS) is 10.6. The molecule has 0 spiro atoms. The Kier molecular flexibility index (Phi) is 7.11. The highest BCUT2D eigenvalue weighted by Crippen LogP contribution is 2.32. The number of hydrogen-bond acceptors (Lipinski definition) is 3. The summed E-state index contributed by atoms with van der Waals surface area (Å²) in [7, 11) is 3.40. The van der Waals surface area contributed by atoms with E-state index < -0.39 is 0 Å². The molecule has 0 amide bonds. The summed E-state index contributed by atoms with van der Waals surface area (Å²) in [4.78, 5) is 0. The van der Waals surface area contributed by atoms with Crippen LogP contribution in [0.25, 0.3) is 0 Å². The molecule has 5 heteroatoms. The van der Waals surface area contributed by atoms with Crippen molar-refractivity contribution in [3.05, 3.63) is 26.6 Å². The first-order chi connectivity index (χ1) is 8.19. The Hall–Kier alpha value is -0.100. The van der Waals surface area contributed by atoms with Crippen LogP contribution in [0.1, 0.15) is 12.0 Å². The van der Waals surface area contributed by atoms with Crippen molar-refractivity contribution in [1.82, 2.24) is 5.32 Å². The van der Waals surface area contributed by atoms with Gasteiger partial charge in [-0.2, -0.15) is 0 Å². The standard InChI is InChI=1S/C12H17Br2NO2/c1-16-5-3-4-15-8-9-6-10(13)7-11(14)12(9)17-2/h6-7,15H,3-5,8H2,1-2H3. The molecule has 1 rings (SSSR count). The Morgan fingerprint density at radius 1 is 1.24 bits per heavy atom. The van der Waals surface area contributed by atoms with Gasteiger partial charge in [0.1, 0.15) is 5.75 Å². The minimum atomic E-state index is 0.783. The van der Waals surface area contributed by atoms with Crippen molar-refractivity contribution in [2.75, 3.05) is 27.4 Å². The van der Waals surface area contributed by atoms with Crippen LogP contribution >= 0.6 is 31.9 Å². The van der Waals surface area contributed by atoms with Crippen molar-refractivity contribution in [3.8, 4) is 5.75 Å². The van der Waals surface area contributed by atoms with Gasteiger partial charge in [-0.05, 0) is 41.0 Å². The molecule has 0 radical (unpaired) electrons. The Balaban J connectivity index is 2.57. The predicted octanol–water partition coefficient (Wildman–Crippen LogP) is 3.35. The molecule has 1 N–H and O–H groups in total. The summed E-state index contributed by atoms with van der Waals surface area (Å²) in [6.07, 6.45) is 1.01. The van der Waals surface area contributed by atoms with Gasteiger partial charge in [0, 0.05) is 30.3 Å². The first kappa shape index (κ1) is 15.0. The van der Waals surface area contributed by atoms with Crippen LogP contribution in [0, 0.1) is 0 Å². The van der Waals surface area contributed by atoms with Crippen LogP contribution in [0.15, 0.2) is 21.1 Å². The second-order valence-electron chi connectivity index (χ2n) is 3.60. The number of nitrogens with one attached hydrogen (secondary N) is 1. The molecule has 0 unspecified atom stereocenters. The van der Waals surface area contributed by atoms with E-state index in [-0.39, 0.29) is 0 Å². The van der Waals surface area contributed by atoms with Crippen LogP contribution in [-0.4, -0.2) is 27.4 Å². The van der Waals surface area contributed by atoms with Gasteiger partial charge in [-0.15, -0.1) is 0 Å². The van der Waals surface area contributed by atoms with Crippen LogP contribution in [-0.2, 0) is 11.3 Å².